The van der Waals surface area contributed by atoms with Gasteiger partial charge in [0.1, 0.15) is 5.82 Å². The summed E-state index contributed by atoms with van der Waals surface area (Å²) in [7, 11) is 0. The molecule has 1 aliphatic heterocycles. The predicted octanol–water partition coefficient (Wildman–Crippen LogP) is 4.13. The molecule has 2 aromatic rings. The van der Waals surface area contributed by atoms with Crippen LogP contribution in [0.1, 0.15) is 30.9 Å². The number of rotatable bonds is 3. The van der Waals surface area contributed by atoms with Crippen molar-refractivity contribution >= 4 is 17.6 Å². The van der Waals surface area contributed by atoms with Crippen molar-refractivity contribution < 1.29 is 4.74 Å². The number of nitrogens with one attached hydrogen (secondary N) is 1. The summed E-state index contributed by atoms with van der Waals surface area (Å²) in [5.74, 6) is 1.47. The van der Waals surface area contributed by atoms with E-state index in [4.69, 9.17) is 10.5 Å². The summed E-state index contributed by atoms with van der Waals surface area (Å²) in [4.78, 5) is 4.63. The molecule has 1 aliphatic carbocycles. The summed E-state index contributed by atoms with van der Waals surface area (Å²) in [6.07, 6.45) is 9.51. The molecule has 25 heavy (non-hydrogen) atoms. The maximum atomic E-state index is 6.21. The predicted molar refractivity (Wildman–Crippen MR) is 103 cm³/mol. The number of allylic oxidation sites excluding steroid dienone is 1. The molecular weight excluding hydrogens is 310 g/mol. The molecule has 0 amide bonds. The van der Waals surface area contributed by atoms with Gasteiger partial charge in [-0.25, -0.2) is 4.98 Å². The fourth-order valence-electron chi connectivity index (χ4n) is 3.69. The Bertz CT molecular complexity index is 776. The molecule has 4 heteroatoms. The second-order valence-electron chi connectivity index (χ2n) is 7.10. The molecule has 1 fully saturated rings. The first-order chi connectivity index (χ1) is 12.2. The average Bonchev–Trinajstić information content (AvgIpc) is 2.64. The smallest absolute Gasteiger partial charge is 0.126 e. The van der Waals surface area contributed by atoms with Gasteiger partial charge in [0, 0.05) is 36.7 Å². The Morgan fingerprint density at radius 1 is 1.16 bits per heavy atom. The van der Waals surface area contributed by atoms with E-state index in [0.717, 1.165) is 49.5 Å². The van der Waals surface area contributed by atoms with Crippen LogP contribution in [0.25, 0.3) is 17.2 Å². The van der Waals surface area contributed by atoms with E-state index in [-0.39, 0.29) is 0 Å². The molecule has 0 saturated carbocycles. The number of fused-ring (bicyclic) bond motifs is 1. The molecule has 1 atom stereocenters. The molecule has 0 spiro atoms. The fraction of sp³-hybridized carbons (Fsp3) is 0.381. The minimum absolute atomic E-state index is 0.459. The summed E-state index contributed by atoms with van der Waals surface area (Å²) < 4.78 is 5.41. The number of hydrogen-bond acceptors (Lipinski definition) is 4. The van der Waals surface area contributed by atoms with Gasteiger partial charge < -0.3 is 15.8 Å². The number of anilines is 2. The Balaban J connectivity index is 1.59. The molecule has 1 saturated heterocycles. The highest BCUT2D eigenvalue weighted by molar-refractivity contribution is 5.81. The van der Waals surface area contributed by atoms with Crippen molar-refractivity contribution in [1.29, 1.82) is 0 Å². The SMILES string of the molecule is CC1C=Cc2c(-c3ccc(NC4CCOCC4)nc3)ccc(N)c2C1. The first kappa shape index (κ1) is 16.2. The van der Waals surface area contributed by atoms with E-state index < -0.39 is 0 Å². The van der Waals surface area contributed by atoms with E-state index in [1.165, 1.54) is 16.7 Å². The van der Waals surface area contributed by atoms with E-state index in [0.29, 0.717) is 12.0 Å². The topological polar surface area (TPSA) is 60.2 Å². The molecule has 4 rings (SSSR count). The molecule has 1 aromatic heterocycles. The van der Waals surface area contributed by atoms with Gasteiger partial charge in [0.05, 0.1) is 0 Å². The monoisotopic (exact) mass is 335 g/mol. The molecule has 0 bridgehead atoms. The maximum absolute atomic E-state index is 6.21. The van der Waals surface area contributed by atoms with E-state index in [9.17, 15) is 0 Å². The highest BCUT2D eigenvalue weighted by Gasteiger charge is 2.17. The average molecular weight is 335 g/mol. The lowest BCUT2D eigenvalue weighted by Gasteiger charge is -2.24. The second kappa shape index (κ2) is 6.89. The lowest BCUT2D eigenvalue weighted by atomic mass is 9.85. The van der Waals surface area contributed by atoms with Gasteiger partial charge in [-0.15, -0.1) is 0 Å². The number of nitrogen functional groups attached to an aromatic ring is 1. The van der Waals surface area contributed by atoms with Crippen molar-refractivity contribution in [2.24, 2.45) is 5.92 Å². The third-order valence-corrected chi connectivity index (χ3v) is 5.16. The Hall–Kier alpha value is -2.33. The van der Waals surface area contributed by atoms with Gasteiger partial charge in [0.25, 0.3) is 0 Å². The van der Waals surface area contributed by atoms with Crippen LogP contribution in [0.4, 0.5) is 11.5 Å². The molecule has 0 radical (unpaired) electrons. The zero-order valence-electron chi connectivity index (χ0n) is 14.7. The van der Waals surface area contributed by atoms with Gasteiger partial charge in [-0.2, -0.15) is 0 Å². The number of pyridine rings is 1. The summed E-state index contributed by atoms with van der Waals surface area (Å²) in [5, 5.41) is 3.51. The van der Waals surface area contributed by atoms with Gasteiger partial charge in [-0.1, -0.05) is 25.1 Å². The minimum Gasteiger partial charge on any atom is -0.398 e. The van der Waals surface area contributed by atoms with Crippen molar-refractivity contribution in [2.75, 3.05) is 24.3 Å². The van der Waals surface area contributed by atoms with Crippen molar-refractivity contribution in [3.8, 4) is 11.1 Å². The van der Waals surface area contributed by atoms with Crippen LogP contribution >= 0.6 is 0 Å². The second-order valence-corrected chi connectivity index (χ2v) is 7.10. The Morgan fingerprint density at radius 2 is 2.00 bits per heavy atom. The largest absolute Gasteiger partial charge is 0.398 e. The van der Waals surface area contributed by atoms with Crippen molar-refractivity contribution in [1.82, 2.24) is 4.98 Å². The normalized spacial score (nSPS) is 20.3. The number of aromatic nitrogens is 1. The molecule has 2 aliphatic rings. The van der Waals surface area contributed by atoms with Crippen LogP contribution in [0.5, 0.6) is 0 Å². The fourth-order valence-corrected chi connectivity index (χ4v) is 3.69. The minimum atomic E-state index is 0.459. The maximum Gasteiger partial charge on any atom is 0.126 e. The van der Waals surface area contributed by atoms with E-state index in [1.807, 2.05) is 12.3 Å². The lowest BCUT2D eigenvalue weighted by Crippen LogP contribution is -2.28. The zero-order valence-corrected chi connectivity index (χ0v) is 14.7. The number of hydrogen-bond donors (Lipinski definition) is 2. The van der Waals surface area contributed by atoms with Crippen LogP contribution in [0.15, 0.2) is 36.5 Å². The Morgan fingerprint density at radius 3 is 2.76 bits per heavy atom. The summed E-state index contributed by atoms with van der Waals surface area (Å²) >= 11 is 0. The van der Waals surface area contributed by atoms with Crippen LogP contribution in [0.3, 0.4) is 0 Å². The summed E-state index contributed by atoms with van der Waals surface area (Å²) in [6, 6.07) is 8.81. The first-order valence-electron chi connectivity index (χ1n) is 9.11. The molecule has 3 N–H and O–H groups in total. The third kappa shape index (κ3) is 3.40. The Labute approximate surface area is 149 Å². The van der Waals surface area contributed by atoms with Gasteiger partial charge in [-0.05, 0) is 60.1 Å². The highest BCUT2D eigenvalue weighted by Crippen LogP contribution is 2.35. The summed E-state index contributed by atoms with van der Waals surface area (Å²) in [5.41, 5.74) is 11.9. The van der Waals surface area contributed by atoms with E-state index in [2.05, 4.69) is 47.6 Å². The molecule has 130 valence electrons. The van der Waals surface area contributed by atoms with Crippen molar-refractivity contribution in [2.45, 2.75) is 32.2 Å². The van der Waals surface area contributed by atoms with Crippen LogP contribution in [-0.4, -0.2) is 24.2 Å². The number of ether oxygens (including phenoxy) is 1. The highest BCUT2D eigenvalue weighted by atomic mass is 16.5. The molecule has 4 nitrogen and oxygen atoms in total. The zero-order chi connectivity index (χ0) is 17.2. The van der Waals surface area contributed by atoms with Crippen molar-refractivity contribution in [3.05, 3.63) is 47.7 Å². The quantitative estimate of drug-likeness (QED) is 0.828. The van der Waals surface area contributed by atoms with Gasteiger partial charge >= 0.3 is 0 Å². The van der Waals surface area contributed by atoms with Gasteiger partial charge in [0.15, 0.2) is 0 Å². The molecule has 1 unspecified atom stereocenters. The number of nitrogens with zero attached hydrogens (tertiary/aromatic N) is 1. The van der Waals surface area contributed by atoms with Crippen LogP contribution in [-0.2, 0) is 11.2 Å². The van der Waals surface area contributed by atoms with Crippen LogP contribution in [0.2, 0.25) is 0 Å². The molecule has 2 heterocycles. The molecule has 1 aromatic carbocycles. The van der Waals surface area contributed by atoms with E-state index in [1.54, 1.807) is 0 Å². The molecular formula is C21H25N3O. The van der Waals surface area contributed by atoms with Crippen LogP contribution in [0, 0.1) is 5.92 Å². The number of nitrogens with two attached hydrogens (primary N) is 1. The number of benzene rings is 1. The standard InChI is InChI=1S/C21H25N3O/c1-14-2-4-18-17(5-6-20(22)19(18)12-14)15-3-7-21(23-13-15)24-16-8-10-25-11-9-16/h2-7,13-14,16H,8-12,22H2,1H3,(H,23,24). The van der Waals surface area contributed by atoms with Crippen molar-refractivity contribution in [3.63, 3.8) is 0 Å². The lowest BCUT2D eigenvalue weighted by molar-refractivity contribution is 0.0904. The van der Waals surface area contributed by atoms with Gasteiger partial charge in [-0.3, -0.25) is 0 Å². The van der Waals surface area contributed by atoms with E-state index >= 15 is 0 Å². The van der Waals surface area contributed by atoms with Crippen LogP contribution < -0.4 is 11.1 Å². The summed E-state index contributed by atoms with van der Waals surface area (Å²) in [6.45, 7) is 3.89. The third-order valence-electron chi connectivity index (χ3n) is 5.16. The Kier molecular flexibility index (Phi) is 4.45. The van der Waals surface area contributed by atoms with Gasteiger partial charge in [0.2, 0.25) is 0 Å². The first-order valence-corrected chi connectivity index (χ1v) is 9.11.